The van der Waals surface area contributed by atoms with Gasteiger partial charge in [0.2, 0.25) is 0 Å². The molecule has 4 aliphatic carbocycles. The molecule has 5 rings (SSSR count). The van der Waals surface area contributed by atoms with Crippen molar-refractivity contribution in [1.82, 2.24) is 0 Å². The lowest BCUT2D eigenvalue weighted by Crippen LogP contribution is -2.52. The van der Waals surface area contributed by atoms with Crippen LogP contribution < -0.4 is 0 Å². The van der Waals surface area contributed by atoms with Crippen molar-refractivity contribution in [2.75, 3.05) is 0 Å². The van der Waals surface area contributed by atoms with Crippen LogP contribution in [0.15, 0.2) is 18.2 Å². The van der Waals surface area contributed by atoms with Crippen LogP contribution in [0.4, 0.5) is 0 Å². The van der Waals surface area contributed by atoms with Crippen LogP contribution in [0.2, 0.25) is 0 Å². The highest BCUT2D eigenvalue weighted by molar-refractivity contribution is 5.30. The highest BCUT2D eigenvalue weighted by Crippen LogP contribution is 2.61. The van der Waals surface area contributed by atoms with Gasteiger partial charge in [-0.15, -0.1) is 0 Å². The maximum atomic E-state index is 11.0. The molecular weight excluding hydrogens is 256 g/mol. The van der Waals surface area contributed by atoms with Crippen molar-refractivity contribution in [3.8, 4) is 0 Å². The van der Waals surface area contributed by atoms with E-state index in [1.54, 1.807) is 0 Å². The minimum Gasteiger partial charge on any atom is -0.392 e. The quantitative estimate of drug-likeness (QED) is 0.871. The first kappa shape index (κ1) is 13.8. The molecule has 0 aliphatic heterocycles. The Morgan fingerprint density at radius 3 is 2.10 bits per heavy atom. The topological polar surface area (TPSA) is 20.2 Å². The first-order valence-electron chi connectivity index (χ1n) is 8.78. The van der Waals surface area contributed by atoms with Crippen molar-refractivity contribution in [3.63, 3.8) is 0 Å². The summed E-state index contributed by atoms with van der Waals surface area (Å²) in [5, 5.41) is 11.0. The van der Waals surface area contributed by atoms with Gasteiger partial charge in [0.25, 0.3) is 0 Å². The molecular formula is C20H28O. The highest BCUT2D eigenvalue weighted by atomic mass is 16.3. The SMILES string of the molecule is Cc1ccc(CC(O)C23CC4CC(CC(C4)C2)C3)cc1C. The van der Waals surface area contributed by atoms with Gasteiger partial charge in [-0.1, -0.05) is 18.2 Å². The fraction of sp³-hybridized carbons (Fsp3) is 0.700. The van der Waals surface area contributed by atoms with Gasteiger partial charge in [-0.3, -0.25) is 0 Å². The van der Waals surface area contributed by atoms with Gasteiger partial charge >= 0.3 is 0 Å². The van der Waals surface area contributed by atoms with E-state index in [2.05, 4.69) is 32.0 Å². The van der Waals surface area contributed by atoms with Crippen LogP contribution in [0.5, 0.6) is 0 Å². The Balaban J connectivity index is 1.54. The minimum absolute atomic E-state index is 0.131. The normalized spacial score (nSPS) is 38.7. The molecule has 0 radical (unpaired) electrons. The van der Waals surface area contributed by atoms with Gasteiger partial charge in [-0.05, 0) is 98.7 Å². The number of benzene rings is 1. The fourth-order valence-electron chi connectivity index (χ4n) is 5.96. The predicted molar refractivity (Wildman–Crippen MR) is 86.2 cm³/mol. The summed E-state index contributed by atoms with van der Waals surface area (Å²) >= 11 is 0. The lowest BCUT2D eigenvalue weighted by Gasteiger charge is -2.58. The predicted octanol–water partition coefficient (Wildman–Crippen LogP) is 4.42. The summed E-state index contributed by atoms with van der Waals surface area (Å²) in [4.78, 5) is 0. The molecule has 114 valence electrons. The number of aliphatic hydroxyl groups excluding tert-OH is 1. The molecule has 4 aliphatic rings. The lowest BCUT2D eigenvalue weighted by molar-refractivity contribution is -0.119. The molecule has 1 aromatic carbocycles. The zero-order valence-electron chi connectivity index (χ0n) is 13.4. The van der Waals surface area contributed by atoms with E-state index in [1.807, 2.05) is 0 Å². The Kier molecular flexibility index (Phi) is 3.19. The molecule has 1 heteroatoms. The van der Waals surface area contributed by atoms with E-state index in [0.29, 0.717) is 0 Å². The third-order valence-corrected chi connectivity index (χ3v) is 6.79. The van der Waals surface area contributed by atoms with Crippen LogP contribution in [-0.4, -0.2) is 11.2 Å². The van der Waals surface area contributed by atoms with Crippen molar-refractivity contribution >= 4 is 0 Å². The Labute approximate surface area is 128 Å². The van der Waals surface area contributed by atoms with Crippen LogP contribution in [0.25, 0.3) is 0 Å². The van der Waals surface area contributed by atoms with E-state index >= 15 is 0 Å². The molecule has 1 aromatic rings. The smallest absolute Gasteiger partial charge is 0.0637 e. The molecule has 4 bridgehead atoms. The van der Waals surface area contributed by atoms with Crippen molar-refractivity contribution in [1.29, 1.82) is 0 Å². The van der Waals surface area contributed by atoms with Crippen molar-refractivity contribution < 1.29 is 5.11 Å². The largest absolute Gasteiger partial charge is 0.392 e. The number of aliphatic hydroxyl groups is 1. The number of rotatable bonds is 3. The summed E-state index contributed by atoms with van der Waals surface area (Å²) in [6.45, 7) is 4.34. The fourth-order valence-corrected chi connectivity index (χ4v) is 5.96. The minimum atomic E-state index is -0.131. The lowest BCUT2D eigenvalue weighted by atomic mass is 9.48. The van der Waals surface area contributed by atoms with Gasteiger partial charge < -0.3 is 5.11 Å². The number of aryl methyl sites for hydroxylation is 2. The van der Waals surface area contributed by atoms with Crippen molar-refractivity contribution in [3.05, 3.63) is 34.9 Å². The van der Waals surface area contributed by atoms with E-state index in [-0.39, 0.29) is 11.5 Å². The van der Waals surface area contributed by atoms with E-state index in [9.17, 15) is 5.11 Å². The Morgan fingerprint density at radius 1 is 1.00 bits per heavy atom. The number of hydrogen-bond acceptors (Lipinski definition) is 1. The summed E-state index contributed by atoms with van der Waals surface area (Å²) < 4.78 is 0. The summed E-state index contributed by atoms with van der Waals surface area (Å²) in [6, 6.07) is 6.70. The summed E-state index contributed by atoms with van der Waals surface area (Å²) in [6.07, 6.45) is 8.97. The molecule has 0 heterocycles. The van der Waals surface area contributed by atoms with Crippen molar-refractivity contribution in [2.24, 2.45) is 23.2 Å². The molecule has 1 nitrogen and oxygen atoms in total. The standard InChI is InChI=1S/C20H28O/c1-13-3-4-15(5-14(13)2)9-19(21)20-10-16-6-17(11-20)8-18(7-16)12-20/h3-5,16-19,21H,6-12H2,1-2H3. The Hall–Kier alpha value is -0.820. The zero-order chi connectivity index (χ0) is 14.6. The van der Waals surface area contributed by atoms with Gasteiger partial charge in [0, 0.05) is 0 Å². The summed E-state index contributed by atoms with van der Waals surface area (Å²) in [7, 11) is 0. The molecule has 1 N–H and O–H groups in total. The van der Waals surface area contributed by atoms with E-state index < -0.39 is 0 Å². The highest BCUT2D eigenvalue weighted by Gasteiger charge is 2.53. The number of hydrogen-bond donors (Lipinski definition) is 1. The average molecular weight is 284 g/mol. The summed E-state index contributed by atoms with van der Waals surface area (Å²) in [5.74, 6) is 2.77. The second kappa shape index (κ2) is 4.84. The van der Waals surface area contributed by atoms with Gasteiger partial charge in [-0.25, -0.2) is 0 Å². The van der Waals surface area contributed by atoms with Crippen LogP contribution in [-0.2, 0) is 6.42 Å². The monoisotopic (exact) mass is 284 g/mol. The average Bonchev–Trinajstić information content (AvgIpc) is 2.41. The van der Waals surface area contributed by atoms with Crippen molar-refractivity contribution in [2.45, 2.75) is 64.9 Å². The molecule has 0 amide bonds. The van der Waals surface area contributed by atoms with E-state index in [4.69, 9.17) is 0 Å². The molecule has 4 fully saturated rings. The molecule has 0 spiro atoms. The second-order valence-corrected chi connectivity index (χ2v) is 8.42. The Morgan fingerprint density at radius 2 is 1.57 bits per heavy atom. The maximum Gasteiger partial charge on any atom is 0.0637 e. The van der Waals surface area contributed by atoms with Gasteiger partial charge in [0.15, 0.2) is 0 Å². The third kappa shape index (κ3) is 2.34. The summed E-state index contributed by atoms with van der Waals surface area (Å²) in [5.41, 5.74) is 4.28. The van der Waals surface area contributed by atoms with Gasteiger partial charge in [-0.2, -0.15) is 0 Å². The molecule has 21 heavy (non-hydrogen) atoms. The van der Waals surface area contributed by atoms with E-state index in [1.165, 1.54) is 55.2 Å². The van der Waals surface area contributed by atoms with Crippen LogP contribution in [0.1, 0.15) is 55.2 Å². The molecule has 0 aromatic heterocycles. The molecule has 1 atom stereocenters. The zero-order valence-corrected chi connectivity index (χ0v) is 13.4. The molecule has 4 saturated carbocycles. The van der Waals surface area contributed by atoms with E-state index in [0.717, 1.165) is 24.2 Å². The molecule has 0 saturated heterocycles. The maximum absolute atomic E-state index is 11.0. The Bertz CT molecular complexity index is 509. The van der Waals surface area contributed by atoms with Crippen LogP contribution in [0.3, 0.4) is 0 Å². The molecule has 1 unspecified atom stereocenters. The van der Waals surface area contributed by atoms with Gasteiger partial charge in [0.1, 0.15) is 0 Å². The van der Waals surface area contributed by atoms with Crippen LogP contribution >= 0.6 is 0 Å². The first-order chi connectivity index (χ1) is 10.0. The second-order valence-electron chi connectivity index (χ2n) is 8.42. The van der Waals surface area contributed by atoms with Crippen LogP contribution in [0, 0.1) is 37.0 Å². The first-order valence-corrected chi connectivity index (χ1v) is 8.78. The van der Waals surface area contributed by atoms with Gasteiger partial charge in [0.05, 0.1) is 6.10 Å². The third-order valence-electron chi connectivity index (χ3n) is 6.79.